The summed E-state index contributed by atoms with van der Waals surface area (Å²) >= 11 is 0. The van der Waals surface area contributed by atoms with Crippen molar-refractivity contribution in [2.45, 2.75) is 211 Å². The summed E-state index contributed by atoms with van der Waals surface area (Å²) in [6.45, 7) is 2.87. The minimum atomic E-state index is -5.08. The lowest BCUT2D eigenvalue weighted by Crippen LogP contribution is -2.64. The Hall–Kier alpha value is -1.15. The van der Waals surface area contributed by atoms with Crippen molar-refractivity contribution in [3.05, 3.63) is 0 Å². The van der Waals surface area contributed by atoms with E-state index in [0.717, 1.165) is 19.3 Å². The van der Waals surface area contributed by atoms with Crippen molar-refractivity contribution in [2.75, 3.05) is 13.2 Å². The van der Waals surface area contributed by atoms with Gasteiger partial charge >= 0.3 is 19.8 Å². The molecule has 302 valence electrons. The smallest absolute Gasteiger partial charge is 0.462 e. The number of unbranched alkanes of at least 4 members (excludes halogenated alkanes) is 20. The minimum Gasteiger partial charge on any atom is -0.462 e. The molecule has 1 saturated carbocycles. The largest absolute Gasteiger partial charge is 0.472 e. The summed E-state index contributed by atoms with van der Waals surface area (Å²) in [7, 11) is -5.08. The Kier molecular flexibility index (Phi) is 27.4. The van der Waals surface area contributed by atoms with Gasteiger partial charge in [0.1, 0.15) is 43.2 Å². The van der Waals surface area contributed by atoms with E-state index in [9.17, 15) is 44.6 Å². The van der Waals surface area contributed by atoms with Gasteiger partial charge in [-0.2, -0.15) is 0 Å². The Morgan fingerprint density at radius 3 is 1.33 bits per heavy atom. The van der Waals surface area contributed by atoms with Crippen LogP contribution in [0.2, 0.25) is 0 Å². The van der Waals surface area contributed by atoms with Crippen molar-refractivity contribution in [3.8, 4) is 0 Å². The van der Waals surface area contributed by atoms with Gasteiger partial charge in [-0.15, -0.1) is 0 Å². The maximum atomic E-state index is 12.6. The zero-order valence-corrected chi connectivity index (χ0v) is 32.3. The monoisotopic (exact) mass is 754 g/mol. The number of phosphoric ester groups is 1. The standard InChI is InChI=1S/C37H71O13P/c1-3-5-6-7-8-9-10-11-12-13-14-15-16-17-18-19-20-21-22-23-24-26-31(39)49-29(27-47-30(38)25-4-2)28-48-51(45,46)50-37-35(43)33(41)32(40)34(42)36(37)44/h29,32-37,40-44H,3-28H2,1-2H3,(H,45,46). The molecule has 0 aromatic heterocycles. The lowest BCUT2D eigenvalue weighted by Gasteiger charge is -2.41. The van der Waals surface area contributed by atoms with Gasteiger partial charge in [-0.25, -0.2) is 4.57 Å². The van der Waals surface area contributed by atoms with Gasteiger partial charge in [0, 0.05) is 12.8 Å². The number of hydrogen-bond acceptors (Lipinski definition) is 12. The van der Waals surface area contributed by atoms with Gasteiger partial charge in [0.2, 0.25) is 0 Å². The highest BCUT2D eigenvalue weighted by molar-refractivity contribution is 7.47. The normalized spacial score (nSPS) is 23.8. The molecule has 1 aliphatic rings. The van der Waals surface area contributed by atoms with Crippen LogP contribution in [-0.2, 0) is 32.7 Å². The van der Waals surface area contributed by atoms with Crippen LogP contribution in [0.4, 0.5) is 0 Å². The summed E-state index contributed by atoms with van der Waals surface area (Å²) < 4.78 is 32.8. The first-order valence-corrected chi connectivity index (χ1v) is 21.3. The van der Waals surface area contributed by atoms with E-state index in [1.54, 1.807) is 6.92 Å². The minimum absolute atomic E-state index is 0.101. The van der Waals surface area contributed by atoms with Gasteiger partial charge in [0.05, 0.1) is 6.61 Å². The van der Waals surface area contributed by atoms with Crippen molar-refractivity contribution >= 4 is 19.8 Å². The molecule has 0 amide bonds. The summed E-state index contributed by atoms with van der Waals surface area (Å²) in [5, 5.41) is 49.6. The number of aliphatic hydroxyl groups is 5. The molecular weight excluding hydrogens is 683 g/mol. The van der Waals surface area contributed by atoms with E-state index in [1.165, 1.54) is 109 Å². The fourth-order valence-electron chi connectivity index (χ4n) is 6.21. The van der Waals surface area contributed by atoms with Gasteiger partial charge in [0.15, 0.2) is 6.10 Å². The van der Waals surface area contributed by atoms with E-state index in [0.29, 0.717) is 12.8 Å². The third-order valence-corrected chi connectivity index (χ3v) is 10.4. The van der Waals surface area contributed by atoms with Gasteiger partial charge in [-0.3, -0.25) is 18.6 Å². The molecule has 0 spiro atoms. The molecule has 0 bridgehead atoms. The fraction of sp³-hybridized carbons (Fsp3) is 0.946. The van der Waals surface area contributed by atoms with E-state index in [-0.39, 0.29) is 12.8 Å². The predicted octanol–water partition coefficient (Wildman–Crippen LogP) is 6.16. The Balaban J connectivity index is 2.22. The Labute approximate surface area is 306 Å². The second-order valence-electron chi connectivity index (χ2n) is 14.2. The fourth-order valence-corrected chi connectivity index (χ4v) is 7.18. The quantitative estimate of drug-likeness (QED) is 0.0258. The molecular formula is C37H71O13P. The van der Waals surface area contributed by atoms with Crippen molar-refractivity contribution in [2.24, 2.45) is 0 Å². The van der Waals surface area contributed by atoms with Crippen LogP contribution in [0, 0.1) is 0 Å². The number of carbonyl (C=O) groups excluding carboxylic acids is 2. The van der Waals surface area contributed by atoms with Crippen LogP contribution in [0.15, 0.2) is 0 Å². The van der Waals surface area contributed by atoms with E-state index in [4.69, 9.17) is 18.5 Å². The Bertz CT molecular complexity index is 922. The zero-order chi connectivity index (χ0) is 37.9. The van der Waals surface area contributed by atoms with Crippen LogP contribution in [0.1, 0.15) is 168 Å². The topological polar surface area (TPSA) is 210 Å². The molecule has 14 heteroatoms. The van der Waals surface area contributed by atoms with Crippen molar-refractivity contribution < 1.29 is 63.1 Å². The van der Waals surface area contributed by atoms with Crippen molar-refractivity contribution in [3.63, 3.8) is 0 Å². The maximum absolute atomic E-state index is 12.6. The van der Waals surface area contributed by atoms with E-state index in [1.807, 2.05) is 0 Å². The molecule has 0 aliphatic heterocycles. The average Bonchev–Trinajstić information content (AvgIpc) is 3.10. The molecule has 0 saturated heterocycles. The predicted molar refractivity (Wildman–Crippen MR) is 194 cm³/mol. The second-order valence-corrected chi connectivity index (χ2v) is 15.6. The summed E-state index contributed by atoms with van der Waals surface area (Å²) in [5.41, 5.74) is 0. The lowest BCUT2D eigenvalue weighted by atomic mass is 9.85. The van der Waals surface area contributed by atoms with Gasteiger partial charge in [-0.05, 0) is 12.8 Å². The maximum Gasteiger partial charge on any atom is 0.472 e. The van der Waals surface area contributed by atoms with Crippen LogP contribution in [-0.4, -0.2) is 98.3 Å². The molecule has 1 rings (SSSR count). The van der Waals surface area contributed by atoms with Crippen molar-refractivity contribution in [1.29, 1.82) is 0 Å². The number of ether oxygens (including phenoxy) is 2. The molecule has 6 atom stereocenters. The van der Waals surface area contributed by atoms with Crippen molar-refractivity contribution in [1.82, 2.24) is 0 Å². The van der Waals surface area contributed by atoms with Crippen LogP contribution < -0.4 is 0 Å². The molecule has 0 radical (unpaired) electrons. The molecule has 0 aromatic rings. The SMILES string of the molecule is CCCCCCCCCCCCCCCCCCCCCCCC(=O)OC(COC(=O)CCC)COP(=O)(O)OC1C(O)C(O)C(O)C(O)C1O. The number of carbonyl (C=O) groups is 2. The number of hydrogen-bond donors (Lipinski definition) is 6. The Morgan fingerprint density at radius 1 is 0.529 bits per heavy atom. The highest BCUT2D eigenvalue weighted by Crippen LogP contribution is 2.47. The average molecular weight is 755 g/mol. The highest BCUT2D eigenvalue weighted by Gasteiger charge is 2.51. The Morgan fingerprint density at radius 2 is 0.922 bits per heavy atom. The molecule has 13 nitrogen and oxygen atoms in total. The molecule has 0 heterocycles. The first-order valence-electron chi connectivity index (χ1n) is 19.8. The van der Waals surface area contributed by atoms with E-state index >= 15 is 0 Å². The second kappa shape index (κ2) is 29.2. The van der Waals surface area contributed by atoms with Crippen LogP contribution in [0.25, 0.3) is 0 Å². The van der Waals surface area contributed by atoms with E-state index < -0.39 is 75.7 Å². The molecule has 1 aliphatic carbocycles. The number of aliphatic hydroxyl groups excluding tert-OH is 5. The molecule has 1 fully saturated rings. The van der Waals surface area contributed by atoms with Gasteiger partial charge in [0.25, 0.3) is 0 Å². The van der Waals surface area contributed by atoms with E-state index in [2.05, 4.69) is 6.92 Å². The summed E-state index contributed by atoms with van der Waals surface area (Å²) in [4.78, 5) is 34.6. The van der Waals surface area contributed by atoms with Crippen LogP contribution >= 0.6 is 7.82 Å². The van der Waals surface area contributed by atoms with Gasteiger partial charge < -0.3 is 39.9 Å². The zero-order valence-electron chi connectivity index (χ0n) is 31.4. The lowest BCUT2D eigenvalue weighted by molar-refractivity contribution is -0.220. The molecule has 6 unspecified atom stereocenters. The molecule has 0 aromatic carbocycles. The molecule has 51 heavy (non-hydrogen) atoms. The van der Waals surface area contributed by atoms with Crippen LogP contribution in [0.5, 0.6) is 0 Å². The first kappa shape index (κ1) is 47.9. The number of esters is 2. The van der Waals surface area contributed by atoms with Gasteiger partial charge in [-0.1, -0.05) is 142 Å². The highest BCUT2D eigenvalue weighted by atomic mass is 31.2. The third kappa shape index (κ3) is 22.6. The first-order chi connectivity index (χ1) is 24.4. The summed E-state index contributed by atoms with van der Waals surface area (Å²) in [5.74, 6) is -1.15. The summed E-state index contributed by atoms with van der Waals surface area (Å²) in [6, 6.07) is 0. The van der Waals surface area contributed by atoms with Crippen LogP contribution in [0.3, 0.4) is 0 Å². The summed E-state index contributed by atoms with van der Waals surface area (Å²) in [6.07, 6.45) is 13.9. The third-order valence-electron chi connectivity index (χ3n) is 9.42. The number of rotatable bonds is 32. The number of phosphoric acid groups is 1. The molecule has 6 N–H and O–H groups in total.